The minimum atomic E-state index is -4.21. The van der Waals surface area contributed by atoms with Crippen LogP contribution in [-0.4, -0.2) is 34.0 Å². The van der Waals surface area contributed by atoms with Gasteiger partial charge in [-0.3, -0.25) is 9.69 Å². The summed E-state index contributed by atoms with van der Waals surface area (Å²) >= 11 is 5.45. The summed E-state index contributed by atoms with van der Waals surface area (Å²) in [7, 11) is 0. The number of ether oxygens (including phenoxy) is 1. The average Bonchev–Trinajstić information content (AvgIpc) is 3.23. The molecule has 0 radical (unpaired) electrons. The first kappa shape index (κ1) is 22.3. The largest absolute Gasteiger partial charge is 0.375 e. The number of anilines is 1. The molecule has 0 saturated heterocycles. The second kappa shape index (κ2) is 8.94. The van der Waals surface area contributed by atoms with Crippen molar-refractivity contribution in [3.8, 4) is 0 Å². The molecule has 2 heterocycles. The molecule has 1 N–H and O–H groups in total. The van der Waals surface area contributed by atoms with E-state index in [1.165, 1.54) is 35.4 Å². The highest BCUT2D eigenvalue weighted by molar-refractivity contribution is 6.23. The van der Waals surface area contributed by atoms with Crippen molar-refractivity contribution >= 4 is 23.3 Å². The van der Waals surface area contributed by atoms with Crippen LogP contribution < -0.4 is 4.90 Å². The monoisotopic (exact) mass is 458 g/mol. The summed E-state index contributed by atoms with van der Waals surface area (Å²) in [5, 5.41) is 7.15. The number of fused-ring (bicyclic) bond motifs is 1. The molecule has 1 aliphatic heterocycles. The second-order valence-electron chi connectivity index (χ2n) is 7.53. The van der Waals surface area contributed by atoms with Crippen molar-refractivity contribution < 1.29 is 23.4 Å². The predicted molar refractivity (Wildman–Crippen MR) is 116 cm³/mol. The maximum absolute atomic E-state index is 14.8. The number of nitrogens with zero attached hydrogens (tertiary/aromatic N) is 2. The van der Waals surface area contributed by atoms with Crippen LogP contribution in [0.3, 0.4) is 0 Å². The molecule has 166 valence electrons. The van der Waals surface area contributed by atoms with Gasteiger partial charge in [0.25, 0.3) is 5.91 Å². The van der Waals surface area contributed by atoms with Crippen LogP contribution in [0.2, 0.25) is 0 Å². The van der Waals surface area contributed by atoms with Gasteiger partial charge in [-0.1, -0.05) is 66.7 Å². The molecular formula is C24H21ClF2N2O3. The summed E-state index contributed by atoms with van der Waals surface area (Å²) in [4.78, 5) is 19.1. The summed E-state index contributed by atoms with van der Waals surface area (Å²) in [6.45, 7) is 0.0530. The summed E-state index contributed by atoms with van der Waals surface area (Å²) in [5.41, 5.74) is -1.90. The van der Waals surface area contributed by atoms with E-state index < -0.39 is 23.0 Å². The fraction of sp³-hybridized carbons (Fsp3) is 0.250. The summed E-state index contributed by atoms with van der Waals surface area (Å²) in [5.74, 6) is -0.482. The highest BCUT2D eigenvalue weighted by Crippen LogP contribution is 2.45. The van der Waals surface area contributed by atoms with Crippen LogP contribution in [0.4, 0.5) is 14.6 Å². The van der Waals surface area contributed by atoms with Crippen molar-refractivity contribution in [3.05, 3.63) is 95.7 Å². The van der Waals surface area contributed by atoms with Crippen molar-refractivity contribution in [1.29, 1.82) is 0 Å². The Balaban J connectivity index is 1.77. The topological polar surface area (TPSA) is 62.7 Å². The average molecular weight is 459 g/mol. The number of aromatic nitrogens is 1. The zero-order chi connectivity index (χ0) is 22.8. The standard InChI is InChI=1S/C24H21ClF2N2O3/c25-24(26,27)23(31,19-11-5-2-6-12-19)20(32-16-17-8-3-1-4-9-17)22(30)29-15-13-18-10-7-14-28-21(18)29/h1-12,14,20,31H,13,15-16H2/t20-,23?/m0/s1. The van der Waals surface area contributed by atoms with E-state index in [9.17, 15) is 18.7 Å². The molecule has 4 rings (SSSR count). The minimum Gasteiger partial charge on any atom is -0.375 e. The number of carbonyl (C=O) groups excluding carboxylic acids is 1. The van der Waals surface area contributed by atoms with Gasteiger partial charge in [0.15, 0.2) is 6.10 Å². The van der Waals surface area contributed by atoms with Gasteiger partial charge >= 0.3 is 5.38 Å². The Labute approximate surface area is 189 Å². The third-order valence-corrected chi connectivity index (χ3v) is 5.79. The maximum atomic E-state index is 14.8. The van der Waals surface area contributed by atoms with Gasteiger partial charge in [0, 0.05) is 12.7 Å². The van der Waals surface area contributed by atoms with Crippen molar-refractivity contribution in [2.75, 3.05) is 11.4 Å². The van der Waals surface area contributed by atoms with Crippen molar-refractivity contribution in [2.45, 2.75) is 30.1 Å². The van der Waals surface area contributed by atoms with Gasteiger partial charge in [-0.25, -0.2) is 4.98 Å². The van der Waals surface area contributed by atoms with E-state index in [1.54, 1.807) is 42.5 Å². The molecule has 1 aliphatic rings. The summed E-state index contributed by atoms with van der Waals surface area (Å²) in [6, 6.07) is 19.5. The van der Waals surface area contributed by atoms with Crippen molar-refractivity contribution in [3.63, 3.8) is 0 Å². The van der Waals surface area contributed by atoms with Crippen LogP contribution in [-0.2, 0) is 28.2 Å². The molecule has 2 atom stereocenters. The van der Waals surface area contributed by atoms with Gasteiger partial charge in [-0.2, -0.15) is 8.78 Å². The fourth-order valence-corrected chi connectivity index (χ4v) is 4.05. The molecule has 0 spiro atoms. The van der Waals surface area contributed by atoms with E-state index in [4.69, 9.17) is 16.3 Å². The van der Waals surface area contributed by atoms with E-state index in [0.717, 1.165) is 5.56 Å². The number of carbonyl (C=O) groups is 1. The number of alkyl halides is 3. The van der Waals surface area contributed by atoms with E-state index >= 15 is 0 Å². The Bertz CT molecular complexity index is 1080. The number of pyridine rings is 1. The van der Waals surface area contributed by atoms with Gasteiger partial charge in [0.1, 0.15) is 5.82 Å². The van der Waals surface area contributed by atoms with E-state index in [0.29, 0.717) is 17.8 Å². The zero-order valence-corrected chi connectivity index (χ0v) is 17.8. The smallest absolute Gasteiger partial charge is 0.357 e. The normalized spacial score (nSPS) is 16.3. The van der Waals surface area contributed by atoms with Crippen LogP contribution in [0, 0.1) is 0 Å². The molecule has 0 fully saturated rings. The summed E-state index contributed by atoms with van der Waals surface area (Å²) in [6.07, 6.45) is 0.0381. The molecule has 2 aromatic carbocycles. The number of aliphatic hydroxyl groups is 1. The van der Waals surface area contributed by atoms with Crippen molar-refractivity contribution in [1.82, 2.24) is 4.98 Å². The molecule has 1 aromatic heterocycles. The highest BCUT2D eigenvalue weighted by atomic mass is 35.5. The van der Waals surface area contributed by atoms with Crippen LogP contribution in [0.25, 0.3) is 0 Å². The first-order valence-corrected chi connectivity index (χ1v) is 10.5. The van der Waals surface area contributed by atoms with E-state index in [1.807, 2.05) is 6.07 Å². The number of benzene rings is 2. The molecule has 32 heavy (non-hydrogen) atoms. The quantitative estimate of drug-likeness (QED) is 0.537. The Hall–Kier alpha value is -2.87. The lowest BCUT2D eigenvalue weighted by Crippen LogP contribution is -2.59. The molecule has 8 heteroatoms. The van der Waals surface area contributed by atoms with Crippen molar-refractivity contribution in [2.24, 2.45) is 0 Å². The highest BCUT2D eigenvalue weighted by Gasteiger charge is 2.62. The zero-order valence-electron chi connectivity index (χ0n) is 17.0. The molecule has 5 nitrogen and oxygen atoms in total. The predicted octanol–water partition coefficient (Wildman–Crippen LogP) is 4.28. The lowest BCUT2D eigenvalue weighted by molar-refractivity contribution is -0.209. The molecule has 1 amide bonds. The number of amides is 1. The fourth-order valence-electron chi connectivity index (χ4n) is 3.84. The van der Waals surface area contributed by atoms with Crippen LogP contribution >= 0.6 is 11.6 Å². The number of halogens is 3. The molecular weight excluding hydrogens is 438 g/mol. The lowest BCUT2D eigenvalue weighted by atomic mass is 9.87. The Kier molecular flexibility index (Phi) is 6.24. The van der Waals surface area contributed by atoms with Gasteiger partial charge in [0.05, 0.1) is 6.61 Å². The minimum absolute atomic E-state index is 0.178. The van der Waals surface area contributed by atoms with E-state index in [-0.39, 0.29) is 18.7 Å². The SMILES string of the molecule is O=C([C@H](OCc1ccccc1)C(O)(c1ccccc1)C(F)(F)Cl)N1CCc2cccnc21. The molecule has 3 aromatic rings. The molecule has 0 bridgehead atoms. The van der Waals surface area contributed by atoms with Gasteiger partial charge in [-0.05, 0) is 40.8 Å². The van der Waals surface area contributed by atoms with Crippen LogP contribution in [0.1, 0.15) is 16.7 Å². The third kappa shape index (κ3) is 4.11. The number of rotatable bonds is 7. The van der Waals surface area contributed by atoms with Gasteiger partial charge in [0.2, 0.25) is 5.60 Å². The number of hydrogen-bond acceptors (Lipinski definition) is 4. The molecule has 0 aliphatic carbocycles. The lowest BCUT2D eigenvalue weighted by Gasteiger charge is -2.39. The Morgan fingerprint density at radius 3 is 2.41 bits per heavy atom. The maximum Gasteiger partial charge on any atom is 0.357 e. The third-order valence-electron chi connectivity index (χ3n) is 5.50. The van der Waals surface area contributed by atoms with Crippen LogP contribution in [0.5, 0.6) is 0 Å². The molecule has 0 saturated carbocycles. The Morgan fingerprint density at radius 2 is 1.75 bits per heavy atom. The van der Waals surface area contributed by atoms with Gasteiger partial charge in [-0.15, -0.1) is 0 Å². The van der Waals surface area contributed by atoms with Gasteiger partial charge < -0.3 is 9.84 Å². The number of hydrogen-bond donors (Lipinski definition) is 1. The van der Waals surface area contributed by atoms with Crippen LogP contribution in [0.15, 0.2) is 79.0 Å². The Morgan fingerprint density at radius 1 is 1.09 bits per heavy atom. The van der Waals surface area contributed by atoms with E-state index in [2.05, 4.69) is 4.98 Å². The summed E-state index contributed by atoms with van der Waals surface area (Å²) < 4.78 is 35.4. The first-order valence-electron chi connectivity index (χ1n) is 10.1. The molecule has 1 unspecified atom stereocenters. The second-order valence-corrected chi connectivity index (χ2v) is 8.01. The first-order chi connectivity index (χ1) is 15.3.